The number of nitrogens with one attached hydrogen (secondary N) is 1. The molecule has 2 heterocycles. The van der Waals surface area contributed by atoms with Crippen molar-refractivity contribution >= 4 is 40.2 Å². The number of rotatable bonds is 6. The third-order valence-corrected chi connectivity index (χ3v) is 5.87. The second-order valence-electron chi connectivity index (χ2n) is 6.73. The summed E-state index contributed by atoms with van der Waals surface area (Å²) >= 11 is 3.09. The lowest BCUT2D eigenvalue weighted by Gasteiger charge is -2.16. The summed E-state index contributed by atoms with van der Waals surface area (Å²) in [6.45, 7) is 7.47. The molecule has 0 saturated carbocycles. The molecule has 0 saturated heterocycles. The van der Waals surface area contributed by atoms with Gasteiger partial charge < -0.3 is 10.1 Å². The van der Waals surface area contributed by atoms with Crippen LogP contribution in [0, 0.1) is 20.8 Å². The van der Waals surface area contributed by atoms with Crippen molar-refractivity contribution in [1.82, 2.24) is 4.98 Å². The fourth-order valence-corrected chi connectivity index (χ4v) is 4.48. The van der Waals surface area contributed by atoms with E-state index in [9.17, 15) is 9.59 Å². The van der Waals surface area contributed by atoms with Gasteiger partial charge in [-0.25, -0.2) is 4.98 Å². The van der Waals surface area contributed by atoms with Gasteiger partial charge in [0, 0.05) is 22.0 Å². The molecule has 7 heteroatoms. The predicted molar refractivity (Wildman–Crippen MR) is 114 cm³/mol. The quantitative estimate of drug-likeness (QED) is 0.582. The van der Waals surface area contributed by atoms with E-state index in [4.69, 9.17) is 4.74 Å². The minimum absolute atomic E-state index is 0.0425. The van der Waals surface area contributed by atoms with Crippen molar-refractivity contribution in [2.75, 3.05) is 5.32 Å². The molecule has 0 radical (unpaired) electrons. The molecule has 1 amide bonds. The first-order valence-electron chi connectivity index (χ1n) is 8.88. The SMILES string of the molecule is Cc1cc(C)c(NC(=O)[C@H](C)OC(=O)Cc2csc(-c3ccsc3)n2)c(C)c1. The first-order chi connectivity index (χ1) is 13.3. The van der Waals surface area contributed by atoms with Crippen molar-refractivity contribution in [2.24, 2.45) is 0 Å². The average molecular weight is 415 g/mol. The first-order valence-corrected chi connectivity index (χ1v) is 10.7. The minimum Gasteiger partial charge on any atom is -0.452 e. The Hall–Kier alpha value is -2.51. The highest BCUT2D eigenvalue weighted by atomic mass is 32.1. The maximum Gasteiger partial charge on any atom is 0.312 e. The fourth-order valence-electron chi connectivity index (χ4n) is 2.95. The molecule has 0 bridgehead atoms. The topological polar surface area (TPSA) is 68.3 Å². The molecule has 0 fully saturated rings. The Kier molecular flexibility index (Phi) is 6.26. The lowest BCUT2D eigenvalue weighted by Crippen LogP contribution is -2.31. The molecule has 28 heavy (non-hydrogen) atoms. The van der Waals surface area contributed by atoms with Gasteiger partial charge >= 0.3 is 5.97 Å². The molecule has 5 nitrogen and oxygen atoms in total. The summed E-state index contributed by atoms with van der Waals surface area (Å²) < 4.78 is 5.31. The highest BCUT2D eigenvalue weighted by Gasteiger charge is 2.20. The Morgan fingerprint density at radius 3 is 2.54 bits per heavy atom. The molecule has 0 aliphatic heterocycles. The molecule has 1 atom stereocenters. The Labute approximate surface area is 172 Å². The number of ether oxygens (including phenoxy) is 1. The van der Waals surface area contributed by atoms with Gasteiger partial charge in [-0.05, 0) is 50.3 Å². The Balaban J connectivity index is 1.57. The summed E-state index contributed by atoms with van der Waals surface area (Å²) in [6, 6.07) is 6.01. The maximum atomic E-state index is 12.4. The van der Waals surface area contributed by atoms with Crippen LogP contribution in [-0.2, 0) is 20.7 Å². The summed E-state index contributed by atoms with van der Waals surface area (Å²) in [5, 5.41) is 9.59. The van der Waals surface area contributed by atoms with E-state index in [1.807, 2.05) is 55.1 Å². The summed E-state index contributed by atoms with van der Waals surface area (Å²) in [6.07, 6.45) is -0.844. The molecule has 3 rings (SSSR count). The van der Waals surface area contributed by atoms with Crippen LogP contribution in [0.1, 0.15) is 29.3 Å². The fraction of sp³-hybridized carbons (Fsp3) is 0.286. The second-order valence-corrected chi connectivity index (χ2v) is 8.37. The number of carbonyl (C=O) groups excluding carboxylic acids is 2. The molecule has 1 N–H and O–H groups in total. The highest BCUT2D eigenvalue weighted by molar-refractivity contribution is 7.14. The largest absolute Gasteiger partial charge is 0.452 e. The van der Waals surface area contributed by atoms with E-state index in [1.165, 1.54) is 11.3 Å². The summed E-state index contributed by atoms with van der Waals surface area (Å²) in [5.74, 6) is -0.817. The average Bonchev–Trinajstić information content (AvgIpc) is 3.29. The van der Waals surface area contributed by atoms with E-state index >= 15 is 0 Å². The van der Waals surface area contributed by atoms with E-state index in [0.29, 0.717) is 5.69 Å². The van der Waals surface area contributed by atoms with E-state index in [0.717, 1.165) is 32.9 Å². The number of amides is 1. The predicted octanol–water partition coefficient (Wildman–Crippen LogP) is 4.91. The number of hydrogen-bond acceptors (Lipinski definition) is 6. The van der Waals surface area contributed by atoms with Crippen molar-refractivity contribution in [3.63, 3.8) is 0 Å². The zero-order valence-electron chi connectivity index (χ0n) is 16.2. The van der Waals surface area contributed by atoms with Gasteiger partial charge in [0.25, 0.3) is 5.91 Å². The number of thiophene rings is 1. The van der Waals surface area contributed by atoms with E-state index in [1.54, 1.807) is 18.3 Å². The van der Waals surface area contributed by atoms with Crippen molar-refractivity contribution in [3.05, 3.63) is 56.7 Å². The number of hydrogen-bond donors (Lipinski definition) is 1. The molecule has 1 aromatic carbocycles. The first kappa shape index (κ1) is 20.2. The number of aromatic nitrogens is 1. The zero-order valence-corrected chi connectivity index (χ0v) is 17.9. The van der Waals surface area contributed by atoms with Crippen molar-refractivity contribution in [3.8, 4) is 10.6 Å². The van der Waals surface area contributed by atoms with Crippen molar-refractivity contribution in [2.45, 2.75) is 40.2 Å². The smallest absolute Gasteiger partial charge is 0.312 e. The number of esters is 1. The van der Waals surface area contributed by atoms with Gasteiger partial charge in [-0.3, -0.25) is 9.59 Å². The van der Waals surface area contributed by atoms with Crippen LogP contribution in [0.2, 0.25) is 0 Å². The molecule has 0 aliphatic rings. The van der Waals surface area contributed by atoms with Gasteiger partial charge in [-0.2, -0.15) is 11.3 Å². The molecular weight excluding hydrogens is 392 g/mol. The van der Waals surface area contributed by atoms with Gasteiger partial charge in [-0.1, -0.05) is 17.7 Å². The number of benzene rings is 1. The van der Waals surface area contributed by atoms with Crippen LogP contribution in [0.4, 0.5) is 5.69 Å². The van der Waals surface area contributed by atoms with Crippen LogP contribution >= 0.6 is 22.7 Å². The lowest BCUT2D eigenvalue weighted by atomic mass is 10.0. The van der Waals surface area contributed by atoms with Crippen LogP contribution in [0.3, 0.4) is 0 Å². The van der Waals surface area contributed by atoms with Crippen LogP contribution < -0.4 is 5.32 Å². The molecule has 2 aromatic heterocycles. The van der Waals surface area contributed by atoms with Crippen LogP contribution in [-0.4, -0.2) is 23.0 Å². The molecule has 0 unspecified atom stereocenters. The highest BCUT2D eigenvalue weighted by Crippen LogP contribution is 2.26. The Morgan fingerprint density at radius 2 is 1.89 bits per heavy atom. The molecular formula is C21H22N2O3S2. The summed E-state index contributed by atoms with van der Waals surface area (Å²) in [7, 11) is 0. The molecule has 3 aromatic rings. The van der Waals surface area contributed by atoms with E-state index < -0.39 is 12.1 Å². The Morgan fingerprint density at radius 1 is 1.18 bits per heavy atom. The molecule has 0 aliphatic carbocycles. The van der Waals surface area contributed by atoms with E-state index in [2.05, 4.69) is 10.3 Å². The third-order valence-electron chi connectivity index (χ3n) is 4.25. The molecule has 146 valence electrons. The standard InChI is InChI=1S/C21H22N2O3S2/c1-12-7-13(2)19(14(3)8-12)23-20(25)15(4)26-18(24)9-17-11-28-21(22-17)16-5-6-27-10-16/h5-8,10-11,15H,9H2,1-4H3,(H,23,25)/t15-/m0/s1. The second kappa shape index (κ2) is 8.67. The number of thiazole rings is 1. The van der Waals surface area contributed by atoms with Crippen molar-refractivity contribution in [1.29, 1.82) is 0 Å². The van der Waals surface area contributed by atoms with Gasteiger partial charge in [0.05, 0.1) is 12.1 Å². The van der Waals surface area contributed by atoms with Crippen LogP contribution in [0.25, 0.3) is 10.6 Å². The number of carbonyl (C=O) groups is 2. The maximum absolute atomic E-state index is 12.4. The summed E-state index contributed by atoms with van der Waals surface area (Å²) in [4.78, 5) is 29.1. The van der Waals surface area contributed by atoms with Gasteiger partial charge in [0.1, 0.15) is 5.01 Å². The number of nitrogens with zero attached hydrogens (tertiary/aromatic N) is 1. The minimum atomic E-state index is -0.886. The van der Waals surface area contributed by atoms with E-state index in [-0.39, 0.29) is 12.3 Å². The Bertz CT molecular complexity index is 970. The van der Waals surface area contributed by atoms with Gasteiger partial charge in [0.15, 0.2) is 6.10 Å². The summed E-state index contributed by atoms with van der Waals surface area (Å²) in [5.41, 5.74) is 5.55. The van der Waals surface area contributed by atoms with Gasteiger partial charge in [-0.15, -0.1) is 11.3 Å². The van der Waals surface area contributed by atoms with Crippen LogP contribution in [0.5, 0.6) is 0 Å². The monoisotopic (exact) mass is 414 g/mol. The number of aryl methyl sites for hydroxylation is 3. The zero-order chi connectivity index (χ0) is 20.3. The normalized spacial score (nSPS) is 11.9. The molecule has 0 spiro atoms. The van der Waals surface area contributed by atoms with Crippen molar-refractivity contribution < 1.29 is 14.3 Å². The van der Waals surface area contributed by atoms with Gasteiger partial charge in [0.2, 0.25) is 0 Å². The van der Waals surface area contributed by atoms with Crippen LogP contribution in [0.15, 0.2) is 34.3 Å². The number of anilines is 1. The lowest BCUT2D eigenvalue weighted by molar-refractivity contribution is -0.152. The third kappa shape index (κ3) is 4.85.